The molecular weight excluding hydrogens is 374 g/mol. The van der Waals surface area contributed by atoms with Crippen LogP contribution in [0.1, 0.15) is 58.6 Å². The van der Waals surface area contributed by atoms with Gasteiger partial charge in [-0.3, -0.25) is 4.79 Å². The number of benzene rings is 1. The lowest BCUT2D eigenvalue weighted by Crippen LogP contribution is -2.32. The third-order valence-electron chi connectivity index (χ3n) is 5.24. The Labute approximate surface area is 167 Å². The lowest BCUT2D eigenvalue weighted by molar-refractivity contribution is 0.102. The number of nitrogens with one attached hydrogen (secondary N) is 2. The second-order valence-electron chi connectivity index (χ2n) is 7.73. The van der Waals surface area contributed by atoms with Crippen LogP contribution in [0.4, 0.5) is 5.69 Å². The molecule has 0 saturated carbocycles. The van der Waals surface area contributed by atoms with Gasteiger partial charge in [-0.1, -0.05) is 18.9 Å². The lowest BCUT2D eigenvalue weighted by Gasteiger charge is -2.20. The number of H-pyrrole nitrogens is 1. The van der Waals surface area contributed by atoms with Gasteiger partial charge in [-0.15, -0.1) is 0 Å². The molecule has 3 rings (SSSR count). The first-order valence-corrected chi connectivity index (χ1v) is 11.2. The molecule has 2 aromatic rings. The van der Waals surface area contributed by atoms with Crippen LogP contribution in [0.2, 0.25) is 0 Å². The molecule has 1 aliphatic rings. The molecule has 2 heterocycles. The number of carbonyl (C=O) groups excluding carboxylic acids is 1. The molecule has 0 bridgehead atoms. The van der Waals surface area contributed by atoms with E-state index in [1.807, 2.05) is 32.0 Å². The van der Waals surface area contributed by atoms with Gasteiger partial charge in [-0.25, -0.2) is 8.42 Å². The highest BCUT2D eigenvalue weighted by Crippen LogP contribution is 2.28. The van der Waals surface area contributed by atoms with Gasteiger partial charge < -0.3 is 10.3 Å². The molecule has 1 aromatic carbocycles. The van der Waals surface area contributed by atoms with Crippen molar-refractivity contribution in [1.82, 2.24) is 9.29 Å². The Morgan fingerprint density at radius 1 is 0.964 bits per heavy atom. The summed E-state index contributed by atoms with van der Waals surface area (Å²) in [6.07, 6.45) is 3.87. The summed E-state index contributed by atoms with van der Waals surface area (Å²) in [6.45, 7) is 8.43. The number of amides is 1. The second-order valence-corrected chi connectivity index (χ2v) is 9.60. The average molecular weight is 404 g/mol. The predicted molar refractivity (Wildman–Crippen MR) is 111 cm³/mol. The summed E-state index contributed by atoms with van der Waals surface area (Å²) in [5.41, 5.74) is 4.09. The summed E-state index contributed by atoms with van der Waals surface area (Å²) in [5.74, 6) is -0.331. The van der Waals surface area contributed by atoms with E-state index in [2.05, 4.69) is 10.3 Å². The van der Waals surface area contributed by atoms with Gasteiger partial charge in [-0.05, 0) is 69.4 Å². The van der Waals surface area contributed by atoms with Crippen molar-refractivity contribution in [3.8, 4) is 0 Å². The molecule has 28 heavy (non-hydrogen) atoms. The van der Waals surface area contributed by atoms with Crippen LogP contribution in [0.5, 0.6) is 0 Å². The minimum absolute atomic E-state index is 0.236. The molecule has 1 amide bonds. The van der Waals surface area contributed by atoms with E-state index in [0.717, 1.165) is 36.8 Å². The fraction of sp³-hybridized carbons (Fsp3) is 0.476. The number of aromatic nitrogens is 1. The van der Waals surface area contributed by atoms with Gasteiger partial charge in [-0.2, -0.15) is 4.31 Å². The summed E-state index contributed by atoms with van der Waals surface area (Å²) in [7, 11) is -3.62. The zero-order valence-electron chi connectivity index (χ0n) is 17.1. The van der Waals surface area contributed by atoms with Crippen LogP contribution >= 0.6 is 0 Å². The van der Waals surface area contributed by atoms with Gasteiger partial charge in [0.2, 0.25) is 10.0 Å². The fourth-order valence-electron chi connectivity index (χ4n) is 4.00. The van der Waals surface area contributed by atoms with Crippen LogP contribution in [-0.4, -0.2) is 36.7 Å². The third-order valence-corrected chi connectivity index (χ3v) is 7.41. The Hall–Kier alpha value is -2.12. The fourth-order valence-corrected chi connectivity index (χ4v) is 5.92. The summed E-state index contributed by atoms with van der Waals surface area (Å²) in [6, 6.07) is 5.82. The number of hydrogen-bond donors (Lipinski definition) is 2. The van der Waals surface area contributed by atoms with Crippen molar-refractivity contribution in [2.75, 3.05) is 18.4 Å². The topological polar surface area (TPSA) is 82.3 Å². The lowest BCUT2D eigenvalue weighted by atomic mass is 10.1. The molecule has 1 fully saturated rings. The Morgan fingerprint density at radius 3 is 2.11 bits per heavy atom. The Balaban J connectivity index is 1.91. The molecule has 6 nitrogen and oxygen atoms in total. The summed E-state index contributed by atoms with van der Waals surface area (Å²) < 4.78 is 28.0. The van der Waals surface area contributed by atoms with Crippen LogP contribution in [0.25, 0.3) is 0 Å². The van der Waals surface area contributed by atoms with Gasteiger partial charge in [0.1, 0.15) is 10.6 Å². The molecule has 0 radical (unpaired) electrons. The van der Waals surface area contributed by atoms with Crippen LogP contribution in [0.15, 0.2) is 23.1 Å². The van der Waals surface area contributed by atoms with E-state index >= 15 is 0 Å². The maximum absolute atomic E-state index is 13.2. The Morgan fingerprint density at radius 2 is 1.54 bits per heavy atom. The van der Waals surface area contributed by atoms with E-state index in [0.29, 0.717) is 35.7 Å². The first-order chi connectivity index (χ1) is 13.2. The first kappa shape index (κ1) is 20.6. The van der Waals surface area contributed by atoms with Crippen molar-refractivity contribution in [3.05, 3.63) is 46.3 Å². The van der Waals surface area contributed by atoms with Crippen LogP contribution in [-0.2, 0) is 10.0 Å². The number of hydrogen-bond acceptors (Lipinski definition) is 3. The number of rotatable bonds is 4. The normalized spacial score (nSPS) is 16.0. The van der Waals surface area contributed by atoms with Crippen LogP contribution in [0.3, 0.4) is 0 Å². The van der Waals surface area contributed by atoms with E-state index in [4.69, 9.17) is 0 Å². The van der Waals surface area contributed by atoms with Crippen molar-refractivity contribution < 1.29 is 13.2 Å². The molecule has 0 unspecified atom stereocenters. The number of carbonyl (C=O) groups is 1. The standard InChI is InChI=1S/C21H29N3O3S/c1-14-11-15(2)13-18(12-14)23-21(25)19-16(3)20(17(4)22-19)28(26,27)24-9-7-5-6-8-10-24/h11-13,22H,5-10H2,1-4H3,(H,23,25). The summed E-state index contributed by atoms with van der Waals surface area (Å²) >= 11 is 0. The number of sulfonamides is 1. The van der Waals surface area contributed by atoms with Gasteiger partial charge >= 0.3 is 0 Å². The number of nitrogens with zero attached hydrogens (tertiary/aromatic N) is 1. The molecule has 1 saturated heterocycles. The van der Waals surface area contributed by atoms with Gasteiger partial charge in [0.05, 0.1) is 0 Å². The molecule has 0 aliphatic carbocycles. The SMILES string of the molecule is Cc1cc(C)cc(NC(=O)c2[nH]c(C)c(S(=O)(=O)N3CCCCCC3)c2C)c1. The van der Waals surface area contributed by atoms with E-state index in [-0.39, 0.29) is 10.8 Å². The molecular formula is C21H29N3O3S. The van der Waals surface area contributed by atoms with E-state index in [1.165, 1.54) is 0 Å². The molecule has 0 atom stereocenters. The highest BCUT2D eigenvalue weighted by atomic mass is 32.2. The molecule has 2 N–H and O–H groups in total. The van der Waals surface area contributed by atoms with E-state index < -0.39 is 10.0 Å². The van der Waals surface area contributed by atoms with Crippen molar-refractivity contribution in [3.63, 3.8) is 0 Å². The molecule has 1 aliphatic heterocycles. The van der Waals surface area contributed by atoms with Crippen molar-refractivity contribution in [1.29, 1.82) is 0 Å². The first-order valence-electron chi connectivity index (χ1n) is 9.79. The van der Waals surface area contributed by atoms with E-state index in [9.17, 15) is 13.2 Å². The van der Waals surface area contributed by atoms with Crippen molar-refractivity contribution >= 4 is 21.6 Å². The predicted octanol–water partition coefficient (Wildman–Crippen LogP) is 4.07. The third kappa shape index (κ3) is 4.15. The van der Waals surface area contributed by atoms with Crippen LogP contribution in [0, 0.1) is 27.7 Å². The van der Waals surface area contributed by atoms with Gasteiger partial charge in [0, 0.05) is 24.5 Å². The quantitative estimate of drug-likeness (QED) is 0.807. The van der Waals surface area contributed by atoms with Crippen molar-refractivity contribution in [2.24, 2.45) is 0 Å². The number of aromatic amines is 1. The number of aryl methyl sites for hydroxylation is 3. The van der Waals surface area contributed by atoms with E-state index in [1.54, 1.807) is 18.2 Å². The zero-order valence-corrected chi connectivity index (χ0v) is 17.9. The molecule has 1 aromatic heterocycles. The largest absolute Gasteiger partial charge is 0.353 e. The summed E-state index contributed by atoms with van der Waals surface area (Å²) in [5, 5.41) is 2.88. The monoisotopic (exact) mass is 403 g/mol. The molecule has 0 spiro atoms. The van der Waals surface area contributed by atoms with Crippen LogP contribution < -0.4 is 5.32 Å². The minimum Gasteiger partial charge on any atom is -0.353 e. The van der Waals surface area contributed by atoms with Crippen molar-refractivity contribution in [2.45, 2.75) is 58.3 Å². The molecule has 152 valence electrons. The zero-order chi connectivity index (χ0) is 20.5. The highest BCUT2D eigenvalue weighted by Gasteiger charge is 2.32. The number of anilines is 1. The second kappa shape index (κ2) is 8.09. The summed E-state index contributed by atoms with van der Waals surface area (Å²) in [4.78, 5) is 16.1. The molecule has 7 heteroatoms. The van der Waals surface area contributed by atoms with Gasteiger partial charge in [0.15, 0.2) is 0 Å². The smallest absolute Gasteiger partial charge is 0.272 e. The average Bonchev–Trinajstić information content (AvgIpc) is 2.77. The maximum Gasteiger partial charge on any atom is 0.272 e. The maximum atomic E-state index is 13.2. The van der Waals surface area contributed by atoms with Gasteiger partial charge in [0.25, 0.3) is 5.91 Å². The Bertz CT molecular complexity index is 964. The Kier molecular flexibility index (Phi) is 5.95. The minimum atomic E-state index is -3.62. The highest BCUT2D eigenvalue weighted by molar-refractivity contribution is 7.89.